The third kappa shape index (κ3) is 4.69. The summed E-state index contributed by atoms with van der Waals surface area (Å²) < 4.78 is 6.92. The summed E-state index contributed by atoms with van der Waals surface area (Å²) in [6.45, 7) is 2.05. The molecular weight excluding hydrogens is 375 g/mol. The van der Waals surface area contributed by atoms with Crippen molar-refractivity contribution in [3.05, 3.63) is 46.7 Å². The molecule has 1 aliphatic rings. The molecule has 0 saturated carbocycles. The fraction of sp³-hybridized carbons (Fsp3) is 0.444. The Hall–Kier alpha value is -1.76. The first-order chi connectivity index (χ1) is 12.1. The molecule has 0 spiro atoms. The lowest BCUT2D eigenvalue weighted by molar-refractivity contribution is -0.124. The number of nitrogens with zero attached hydrogens (tertiary/aromatic N) is 2. The zero-order valence-corrected chi connectivity index (χ0v) is 16.4. The minimum Gasteiger partial charge on any atom is -0.497 e. The summed E-state index contributed by atoms with van der Waals surface area (Å²) in [5.41, 5.74) is 2.10. The number of hydrogen-bond donors (Lipinski definition) is 2. The van der Waals surface area contributed by atoms with E-state index in [2.05, 4.69) is 15.7 Å². The van der Waals surface area contributed by atoms with Gasteiger partial charge in [-0.1, -0.05) is 17.7 Å². The van der Waals surface area contributed by atoms with Gasteiger partial charge in [-0.3, -0.25) is 9.48 Å². The number of ether oxygens (including phenoxy) is 1. The highest BCUT2D eigenvalue weighted by Crippen LogP contribution is 2.28. The van der Waals surface area contributed by atoms with Gasteiger partial charge in [-0.05, 0) is 29.7 Å². The van der Waals surface area contributed by atoms with Crippen molar-refractivity contribution in [1.82, 2.24) is 20.4 Å². The number of carbonyl (C=O) groups is 1. The van der Waals surface area contributed by atoms with Gasteiger partial charge < -0.3 is 15.4 Å². The van der Waals surface area contributed by atoms with Gasteiger partial charge in [0.25, 0.3) is 0 Å². The number of nitrogens with one attached hydrogen (secondary N) is 2. The number of halogens is 2. The lowest BCUT2D eigenvalue weighted by atomic mass is 9.90. The maximum atomic E-state index is 12.6. The molecule has 1 aliphatic heterocycles. The van der Waals surface area contributed by atoms with Crippen LogP contribution in [0.3, 0.4) is 0 Å². The molecule has 0 aliphatic carbocycles. The molecule has 2 aromatic rings. The van der Waals surface area contributed by atoms with Gasteiger partial charge in [-0.2, -0.15) is 5.10 Å². The van der Waals surface area contributed by atoms with Crippen LogP contribution >= 0.6 is 24.0 Å². The Labute approximate surface area is 164 Å². The number of aryl methyl sites for hydroxylation is 1. The second-order valence-corrected chi connectivity index (χ2v) is 6.72. The van der Waals surface area contributed by atoms with E-state index in [1.165, 1.54) is 0 Å². The largest absolute Gasteiger partial charge is 0.497 e. The minimum atomic E-state index is -0.0736. The second-order valence-electron chi connectivity index (χ2n) is 6.32. The van der Waals surface area contributed by atoms with Crippen molar-refractivity contribution in [2.75, 3.05) is 26.7 Å². The van der Waals surface area contributed by atoms with E-state index >= 15 is 0 Å². The Morgan fingerprint density at radius 3 is 2.92 bits per heavy atom. The first kappa shape index (κ1) is 20.6. The number of methoxy groups -OCH3 is 1. The van der Waals surface area contributed by atoms with Crippen LogP contribution < -0.4 is 15.4 Å². The molecule has 8 heteroatoms. The number of hydrogen-bond acceptors (Lipinski definition) is 4. The Morgan fingerprint density at radius 1 is 1.46 bits per heavy atom. The van der Waals surface area contributed by atoms with Crippen molar-refractivity contribution in [2.45, 2.75) is 12.3 Å². The number of amides is 1. The molecule has 2 atom stereocenters. The van der Waals surface area contributed by atoms with Gasteiger partial charge in [0.2, 0.25) is 5.91 Å². The number of aromatic nitrogens is 2. The molecule has 1 amide bonds. The van der Waals surface area contributed by atoms with Crippen LogP contribution in [0.4, 0.5) is 0 Å². The summed E-state index contributed by atoms with van der Waals surface area (Å²) in [6.07, 6.45) is 4.51. The summed E-state index contributed by atoms with van der Waals surface area (Å²) in [5, 5.41) is 11.2. The predicted octanol–water partition coefficient (Wildman–Crippen LogP) is 2.17. The molecule has 0 radical (unpaired) electrons. The first-order valence-corrected chi connectivity index (χ1v) is 8.75. The minimum absolute atomic E-state index is 0. The van der Waals surface area contributed by atoms with Gasteiger partial charge in [0, 0.05) is 43.8 Å². The van der Waals surface area contributed by atoms with Crippen molar-refractivity contribution in [2.24, 2.45) is 13.0 Å². The highest BCUT2D eigenvalue weighted by atomic mass is 35.5. The molecular formula is C18H24Cl2N4O2. The van der Waals surface area contributed by atoms with Crippen molar-refractivity contribution in [3.8, 4) is 5.75 Å². The number of carbonyl (C=O) groups excluding carboxylic acids is 1. The Bertz CT molecular complexity index is 751. The summed E-state index contributed by atoms with van der Waals surface area (Å²) in [7, 11) is 3.50. The van der Waals surface area contributed by atoms with Crippen LogP contribution in [-0.2, 0) is 18.3 Å². The maximum Gasteiger partial charge on any atom is 0.225 e. The lowest BCUT2D eigenvalue weighted by Gasteiger charge is -2.17. The smallest absolute Gasteiger partial charge is 0.225 e. The molecule has 1 fully saturated rings. The van der Waals surface area contributed by atoms with Gasteiger partial charge in [0.05, 0.1) is 19.2 Å². The van der Waals surface area contributed by atoms with Crippen molar-refractivity contribution < 1.29 is 9.53 Å². The summed E-state index contributed by atoms with van der Waals surface area (Å²) in [4.78, 5) is 12.6. The topological polar surface area (TPSA) is 68.2 Å². The highest BCUT2D eigenvalue weighted by molar-refractivity contribution is 6.31. The predicted molar refractivity (Wildman–Crippen MR) is 104 cm³/mol. The molecule has 142 valence electrons. The van der Waals surface area contributed by atoms with Crippen LogP contribution in [0.5, 0.6) is 5.75 Å². The molecule has 0 unspecified atom stereocenters. The molecule has 1 saturated heterocycles. The van der Waals surface area contributed by atoms with Gasteiger partial charge in [0.1, 0.15) is 5.75 Å². The Morgan fingerprint density at radius 2 is 2.27 bits per heavy atom. The monoisotopic (exact) mass is 398 g/mol. The average molecular weight is 399 g/mol. The van der Waals surface area contributed by atoms with Gasteiger partial charge in [0.15, 0.2) is 0 Å². The SMILES string of the molecule is COc1ccc(CCNC(=O)[C@H]2CNC[C@@H]2c2cnn(C)c2)c(Cl)c1.Cl. The molecule has 3 rings (SSSR count). The van der Waals surface area contributed by atoms with Crippen molar-refractivity contribution in [3.63, 3.8) is 0 Å². The third-order valence-electron chi connectivity index (χ3n) is 4.66. The van der Waals surface area contributed by atoms with E-state index in [1.54, 1.807) is 17.9 Å². The molecule has 0 bridgehead atoms. The number of rotatable bonds is 6. The molecule has 1 aromatic heterocycles. The molecule has 2 N–H and O–H groups in total. The van der Waals surface area contributed by atoms with Gasteiger partial charge in [-0.15, -0.1) is 12.4 Å². The summed E-state index contributed by atoms with van der Waals surface area (Å²) >= 11 is 6.24. The number of benzene rings is 1. The van der Waals surface area contributed by atoms with Crippen LogP contribution in [0.25, 0.3) is 0 Å². The highest BCUT2D eigenvalue weighted by Gasteiger charge is 2.34. The van der Waals surface area contributed by atoms with Crippen LogP contribution in [-0.4, -0.2) is 42.4 Å². The fourth-order valence-electron chi connectivity index (χ4n) is 3.25. The molecule has 1 aromatic carbocycles. The fourth-order valence-corrected chi connectivity index (χ4v) is 3.51. The quantitative estimate of drug-likeness (QED) is 0.782. The van der Waals surface area contributed by atoms with Crippen LogP contribution in [0.1, 0.15) is 17.0 Å². The third-order valence-corrected chi connectivity index (χ3v) is 5.01. The Balaban J connectivity index is 0.00000243. The molecule has 26 heavy (non-hydrogen) atoms. The van der Waals surface area contributed by atoms with Crippen LogP contribution in [0.2, 0.25) is 5.02 Å². The van der Waals surface area contributed by atoms with E-state index in [0.29, 0.717) is 24.5 Å². The zero-order chi connectivity index (χ0) is 17.8. The van der Waals surface area contributed by atoms with E-state index in [4.69, 9.17) is 16.3 Å². The van der Waals surface area contributed by atoms with E-state index in [-0.39, 0.29) is 30.2 Å². The summed E-state index contributed by atoms with van der Waals surface area (Å²) in [6, 6.07) is 5.60. The zero-order valence-electron chi connectivity index (χ0n) is 14.9. The molecule has 6 nitrogen and oxygen atoms in total. The summed E-state index contributed by atoms with van der Waals surface area (Å²) in [5.74, 6) is 0.895. The van der Waals surface area contributed by atoms with Gasteiger partial charge >= 0.3 is 0 Å². The van der Waals surface area contributed by atoms with Crippen molar-refractivity contribution >= 4 is 29.9 Å². The second kappa shape index (κ2) is 9.26. The maximum absolute atomic E-state index is 12.6. The normalized spacial score (nSPS) is 19.0. The van der Waals surface area contributed by atoms with E-state index in [9.17, 15) is 4.79 Å². The van der Waals surface area contributed by atoms with E-state index in [0.717, 1.165) is 23.4 Å². The lowest BCUT2D eigenvalue weighted by Crippen LogP contribution is -2.35. The first-order valence-electron chi connectivity index (χ1n) is 8.38. The average Bonchev–Trinajstić information content (AvgIpc) is 3.24. The van der Waals surface area contributed by atoms with Crippen LogP contribution in [0, 0.1) is 5.92 Å². The van der Waals surface area contributed by atoms with Crippen LogP contribution in [0.15, 0.2) is 30.6 Å². The standard InChI is InChI=1S/C18H23ClN4O2.ClH/c1-23-11-13(8-22-23)15-9-20-10-16(15)18(24)21-6-5-12-3-4-14(25-2)7-17(12)19;/h3-4,7-8,11,15-16,20H,5-6,9-10H2,1-2H3,(H,21,24);1H/t15-,16+;/m1./s1. The van der Waals surface area contributed by atoms with Gasteiger partial charge in [-0.25, -0.2) is 0 Å². The van der Waals surface area contributed by atoms with Crippen molar-refractivity contribution in [1.29, 1.82) is 0 Å². The van der Waals surface area contributed by atoms with E-state index in [1.807, 2.05) is 31.6 Å². The Kier molecular flexibility index (Phi) is 7.32. The van der Waals surface area contributed by atoms with E-state index < -0.39 is 0 Å². The molecule has 2 heterocycles.